The standard InChI is InChI=1S/2C16H13.C7H8Si.2C3H6O.Zr/c2*1-12-6-5-9-14-10-15(11-16(12)14)13-7-3-2-4-8-13;1-8-7-5-3-2-4-6-7;2*1-3(2)4;/h2*2-11H,1H3;2-6H,1H3;2*4H,1H2,2H3;/q2*-1;;;;+2/p-2. The first kappa shape index (κ1) is 38.9. The first-order chi connectivity index (χ1) is 23.5. The van der Waals surface area contributed by atoms with E-state index in [2.05, 4.69) is 185 Å². The van der Waals surface area contributed by atoms with Crippen LogP contribution in [-0.2, 0) is 23.3 Å². The molecule has 7 rings (SSSR count). The molecule has 0 atom stereocenters. The van der Waals surface area contributed by atoms with Gasteiger partial charge in [-0.3, -0.25) is 0 Å². The Labute approximate surface area is 307 Å². The molecular weight excluding hydrogens is 692 g/mol. The Morgan fingerprint density at radius 3 is 1.16 bits per heavy atom. The van der Waals surface area contributed by atoms with E-state index in [-0.39, 0.29) is 17.0 Å². The molecule has 0 radical (unpaired) electrons. The van der Waals surface area contributed by atoms with E-state index in [4.69, 9.17) is 0 Å². The number of aryl methyl sites for hydroxylation is 2. The minimum Gasteiger partial charge on any atom is -0.144 e. The maximum Gasteiger partial charge on any atom is -0.0469 e. The third-order valence-electron chi connectivity index (χ3n) is 7.36. The SMILES string of the molecule is C=C(C)[O-].C=C(C)[O-].C[Si](=[Zr+2])c1ccccc1.Cc1cccc2[cH-]c(-c3ccccc3)cc12.Cc1cccc2[cH-]c(-c3ccccc3)cc12. The summed E-state index contributed by atoms with van der Waals surface area (Å²) in [5.41, 5.74) is 7.77. The summed E-state index contributed by atoms with van der Waals surface area (Å²) in [6.07, 6.45) is 0. The topological polar surface area (TPSA) is 46.1 Å². The zero-order chi connectivity index (χ0) is 35.8. The molecule has 49 heavy (non-hydrogen) atoms. The van der Waals surface area contributed by atoms with E-state index in [0.29, 0.717) is 0 Å². The van der Waals surface area contributed by atoms with Crippen molar-refractivity contribution < 1.29 is 33.5 Å². The predicted octanol–water partition coefficient (Wildman–Crippen LogP) is 9.89. The molecular formula is C45H44O2SiZr-2. The number of allylic oxidation sites excluding steroid dienone is 2. The van der Waals surface area contributed by atoms with Crippen LogP contribution in [0, 0.1) is 13.8 Å². The van der Waals surface area contributed by atoms with Gasteiger partial charge in [0.05, 0.1) is 0 Å². The average molecular weight is 736 g/mol. The van der Waals surface area contributed by atoms with Crippen molar-refractivity contribution in [1.29, 1.82) is 0 Å². The second-order valence-corrected chi connectivity index (χ2v) is 19.1. The van der Waals surface area contributed by atoms with Crippen LogP contribution >= 0.6 is 0 Å². The molecule has 7 aromatic carbocycles. The van der Waals surface area contributed by atoms with Crippen molar-refractivity contribution in [2.75, 3.05) is 0 Å². The van der Waals surface area contributed by atoms with E-state index in [1.807, 2.05) is 0 Å². The summed E-state index contributed by atoms with van der Waals surface area (Å²) in [5.74, 6) is -0.167. The average Bonchev–Trinajstić information content (AvgIpc) is 3.73. The van der Waals surface area contributed by atoms with Crippen molar-refractivity contribution in [2.24, 2.45) is 0 Å². The Hall–Kier alpha value is -4.50. The van der Waals surface area contributed by atoms with Gasteiger partial charge in [0.15, 0.2) is 0 Å². The number of benzene rings is 5. The maximum absolute atomic E-state index is 9.33. The summed E-state index contributed by atoms with van der Waals surface area (Å²) in [6.45, 7) is 15.5. The fourth-order valence-electron chi connectivity index (χ4n) is 5.06. The van der Waals surface area contributed by atoms with Crippen molar-refractivity contribution in [1.82, 2.24) is 0 Å². The summed E-state index contributed by atoms with van der Waals surface area (Å²) in [6, 6.07) is 53.8. The van der Waals surface area contributed by atoms with Crippen LogP contribution in [0.25, 0.3) is 43.8 Å². The number of hydrogen-bond donors (Lipinski definition) is 0. The molecule has 2 nitrogen and oxygen atoms in total. The number of fused-ring (bicyclic) bond motifs is 2. The summed E-state index contributed by atoms with van der Waals surface area (Å²) in [5, 5.41) is 25.6. The molecule has 0 saturated carbocycles. The van der Waals surface area contributed by atoms with Gasteiger partial charge in [-0.15, -0.1) is 93.7 Å². The van der Waals surface area contributed by atoms with Gasteiger partial charge in [0, 0.05) is 0 Å². The zero-order valence-corrected chi connectivity index (χ0v) is 32.6. The molecule has 0 unspecified atom stereocenters. The van der Waals surface area contributed by atoms with Crippen LogP contribution in [0.3, 0.4) is 0 Å². The third-order valence-corrected chi connectivity index (χ3v) is 10.7. The summed E-state index contributed by atoms with van der Waals surface area (Å²) in [7, 11) is 0. The largest absolute Gasteiger partial charge is 0.144 e. The van der Waals surface area contributed by atoms with E-state index < -0.39 is 0 Å². The Morgan fingerprint density at radius 2 is 0.878 bits per heavy atom. The fraction of sp³-hybridized carbons (Fsp3) is 0.111. The molecule has 4 heteroatoms. The van der Waals surface area contributed by atoms with E-state index >= 15 is 0 Å². The second kappa shape index (κ2) is 20.1. The molecule has 0 aliphatic rings. The monoisotopic (exact) mass is 734 g/mol. The van der Waals surface area contributed by atoms with Gasteiger partial charge in [0.2, 0.25) is 0 Å². The van der Waals surface area contributed by atoms with E-state index in [1.165, 1.54) is 68.8 Å². The predicted molar refractivity (Wildman–Crippen MR) is 207 cm³/mol. The van der Waals surface area contributed by atoms with Crippen LogP contribution < -0.4 is 15.4 Å². The van der Waals surface area contributed by atoms with Crippen LogP contribution in [0.2, 0.25) is 6.55 Å². The molecule has 246 valence electrons. The summed E-state index contributed by atoms with van der Waals surface area (Å²) in [4.78, 5) is 0. The van der Waals surface area contributed by atoms with Crippen molar-refractivity contribution in [2.45, 2.75) is 34.2 Å². The number of hydrogen-bond acceptors (Lipinski definition) is 2. The molecule has 0 amide bonds. The molecule has 0 N–H and O–H groups in total. The van der Waals surface area contributed by atoms with E-state index in [1.54, 1.807) is 28.5 Å². The van der Waals surface area contributed by atoms with Gasteiger partial charge in [0.1, 0.15) is 0 Å². The minimum absolute atomic E-state index is 0.0833. The van der Waals surface area contributed by atoms with Gasteiger partial charge in [-0.25, -0.2) is 0 Å². The van der Waals surface area contributed by atoms with Crippen LogP contribution in [0.5, 0.6) is 0 Å². The molecule has 0 heterocycles. The molecule has 0 spiro atoms. The van der Waals surface area contributed by atoms with E-state index in [0.717, 1.165) is 0 Å². The Balaban J connectivity index is 0.000000185. The Kier molecular flexibility index (Phi) is 16.0. The summed E-state index contributed by atoms with van der Waals surface area (Å²) >= 11 is 1.69. The first-order valence-corrected chi connectivity index (χ1v) is 21.8. The van der Waals surface area contributed by atoms with Crippen molar-refractivity contribution in [3.05, 3.63) is 187 Å². The van der Waals surface area contributed by atoms with Crippen LogP contribution in [0.4, 0.5) is 0 Å². The second-order valence-electron chi connectivity index (χ2n) is 11.8. The molecule has 0 bridgehead atoms. The van der Waals surface area contributed by atoms with Crippen molar-refractivity contribution >= 4 is 32.2 Å². The van der Waals surface area contributed by atoms with Crippen molar-refractivity contribution in [3.63, 3.8) is 0 Å². The third kappa shape index (κ3) is 13.1. The molecule has 0 saturated heterocycles. The van der Waals surface area contributed by atoms with Crippen molar-refractivity contribution in [3.8, 4) is 22.3 Å². The van der Waals surface area contributed by atoms with Gasteiger partial charge in [0.25, 0.3) is 0 Å². The van der Waals surface area contributed by atoms with Crippen LogP contribution in [0.15, 0.2) is 176 Å². The fourth-order valence-corrected chi connectivity index (χ4v) is 6.99. The van der Waals surface area contributed by atoms with Crippen LogP contribution in [0.1, 0.15) is 25.0 Å². The van der Waals surface area contributed by atoms with Crippen LogP contribution in [-0.4, -0.2) is 5.43 Å². The molecule has 0 aliphatic carbocycles. The minimum atomic E-state index is -0.122. The van der Waals surface area contributed by atoms with Gasteiger partial charge >= 0.3 is 70.8 Å². The molecule has 7 aromatic rings. The first-order valence-electron chi connectivity index (χ1n) is 16.1. The van der Waals surface area contributed by atoms with Gasteiger partial charge in [-0.2, -0.15) is 0 Å². The number of rotatable bonds is 3. The Bertz CT molecular complexity index is 1940. The maximum atomic E-state index is 9.33. The van der Waals surface area contributed by atoms with Gasteiger partial charge < -0.3 is 10.2 Å². The Morgan fingerprint density at radius 1 is 0.551 bits per heavy atom. The van der Waals surface area contributed by atoms with E-state index in [9.17, 15) is 10.2 Å². The molecule has 0 aromatic heterocycles. The zero-order valence-electron chi connectivity index (χ0n) is 29.2. The normalized spacial score (nSPS) is 9.78. The quantitative estimate of drug-likeness (QED) is 0.103. The smallest absolute Gasteiger partial charge is 0.0469 e. The van der Waals surface area contributed by atoms with Gasteiger partial charge in [-0.1, -0.05) is 121 Å². The van der Waals surface area contributed by atoms with Gasteiger partial charge in [-0.05, 0) is 13.8 Å². The molecule has 0 fully saturated rings. The summed E-state index contributed by atoms with van der Waals surface area (Å²) < 4.78 is 0. The molecule has 0 aliphatic heterocycles.